The molecule has 102 valence electrons. The highest BCUT2D eigenvalue weighted by molar-refractivity contribution is 5.83. The van der Waals surface area contributed by atoms with Crippen LogP contribution in [0.1, 0.15) is 11.1 Å². The van der Waals surface area contributed by atoms with Gasteiger partial charge in [0.15, 0.2) is 0 Å². The highest BCUT2D eigenvalue weighted by Gasteiger charge is 2.03. The third-order valence-corrected chi connectivity index (χ3v) is 3.40. The second-order valence-corrected chi connectivity index (χ2v) is 4.84. The summed E-state index contributed by atoms with van der Waals surface area (Å²) < 4.78 is 13.8. The van der Waals surface area contributed by atoms with E-state index in [9.17, 15) is 4.39 Å². The van der Waals surface area contributed by atoms with Crippen LogP contribution in [-0.4, -0.2) is 0 Å². The zero-order valence-corrected chi connectivity index (χ0v) is 11.3. The lowest BCUT2D eigenvalue weighted by Crippen LogP contribution is -2.01. The quantitative estimate of drug-likeness (QED) is 0.766. The first-order valence-corrected chi connectivity index (χ1v) is 6.67. The van der Waals surface area contributed by atoms with Crippen molar-refractivity contribution in [3.05, 3.63) is 77.6 Å². The van der Waals surface area contributed by atoms with E-state index < -0.39 is 5.82 Å². The molecule has 0 unspecified atom stereocenters. The third-order valence-electron chi connectivity index (χ3n) is 3.40. The summed E-state index contributed by atoms with van der Waals surface area (Å²) in [6, 6.07) is 20.6. The number of nitriles is 1. The molecule has 3 heteroatoms. The minimum Gasteiger partial charge on any atom is -0.379 e. The fraction of sp³-hybridized carbons (Fsp3) is 0.0556. The molecule has 3 aromatic carbocycles. The Morgan fingerprint density at radius 2 is 1.76 bits per heavy atom. The summed E-state index contributed by atoms with van der Waals surface area (Å²) in [4.78, 5) is 0. The number of fused-ring (bicyclic) bond motifs is 1. The van der Waals surface area contributed by atoms with Crippen molar-refractivity contribution in [3.63, 3.8) is 0 Å². The van der Waals surface area contributed by atoms with Crippen LogP contribution in [0.5, 0.6) is 0 Å². The molecular weight excluding hydrogens is 263 g/mol. The maximum absolute atomic E-state index is 13.8. The van der Waals surface area contributed by atoms with Crippen LogP contribution in [0, 0.1) is 17.1 Å². The lowest BCUT2D eigenvalue weighted by Gasteiger charge is -2.09. The predicted octanol–water partition coefficient (Wildman–Crippen LogP) is 4.46. The second kappa shape index (κ2) is 5.64. The Morgan fingerprint density at radius 1 is 0.952 bits per heavy atom. The second-order valence-electron chi connectivity index (χ2n) is 4.84. The molecule has 0 spiro atoms. The van der Waals surface area contributed by atoms with Gasteiger partial charge in [-0.05, 0) is 40.6 Å². The number of anilines is 1. The molecule has 0 fully saturated rings. The van der Waals surface area contributed by atoms with Crippen LogP contribution in [0.25, 0.3) is 10.8 Å². The van der Waals surface area contributed by atoms with Gasteiger partial charge in [-0.2, -0.15) is 5.26 Å². The van der Waals surface area contributed by atoms with Gasteiger partial charge in [-0.25, -0.2) is 4.39 Å². The van der Waals surface area contributed by atoms with E-state index in [0.717, 1.165) is 10.9 Å². The van der Waals surface area contributed by atoms with E-state index in [-0.39, 0.29) is 0 Å². The molecule has 2 nitrogen and oxygen atoms in total. The summed E-state index contributed by atoms with van der Waals surface area (Å²) in [5, 5.41) is 14.1. The standard InChI is InChI=1S/C18H13FN2/c19-17-10-13(11-20)6-8-18(17)21-12-14-5-7-15-3-1-2-4-16(15)9-14/h1-10,21H,12H2. The van der Waals surface area contributed by atoms with E-state index in [1.54, 1.807) is 12.1 Å². The number of rotatable bonds is 3. The van der Waals surface area contributed by atoms with E-state index in [1.165, 1.54) is 11.5 Å². The normalized spacial score (nSPS) is 10.3. The van der Waals surface area contributed by atoms with Crippen LogP contribution in [-0.2, 0) is 6.54 Å². The molecule has 0 atom stereocenters. The third kappa shape index (κ3) is 2.85. The van der Waals surface area contributed by atoms with Crippen molar-refractivity contribution in [1.29, 1.82) is 5.26 Å². The monoisotopic (exact) mass is 276 g/mol. The van der Waals surface area contributed by atoms with Crippen molar-refractivity contribution in [2.45, 2.75) is 6.54 Å². The fourth-order valence-corrected chi connectivity index (χ4v) is 2.27. The van der Waals surface area contributed by atoms with Gasteiger partial charge in [-0.3, -0.25) is 0 Å². The van der Waals surface area contributed by atoms with Crippen LogP contribution < -0.4 is 5.32 Å². The molecule has 0 aromatic heterocycles. The summed E-state index contributed by atoms with van der Waals surface area (Å²) in [7, 11) is 0. The molecule has 0 heterocycles. The van der Waals surface area contributed by atoms with Gasteiger partial charge in [-0.15, -0.1) is 0 Å². The number of halogens is 1. The van der Waals surface area contributed by atoms with E-state index in [2.05, 4.69) is 29.6 Å². The molecule has 0 aliphatic carbocycles. The summed E-state index contributed by atoms with van der Waals surface area (Å²) in [6.07, 6.45) is 0. The molecule has 0 saturated heterocycles. The van der Waals surface area contributed by atoms with Crippen LogP contribution in [0.2, 0.25) is 0 Å². The minimum atomic E-state index is -0.408. The van der Waals surface area contributed by atoms with E-state index >= 15 is 0 Å². The average molecular weight is 276 g/mol. The first-order chi connectivity index (χ1) is 10.3. The molecule has 0 aliphatic rings. The average Bonchev–Trinajstić information content (AvgIpc) is 2.53. The van der Waals surface area contributed by atoms with Crippen LogP contribution in [0.3, 0.4) is 0 Å². The molecule has 0 bridgehead atoms. The summed E-state index contributed by atoms with van der Waals surface area (Å²) in [5.74, 6) is -0.408. The Labute approximate surface area is 122 Å². The van der Waals surface area contributed by atoms with Gasteiger partial charge in [0, 0.05) is 6.54 Å². The highest BCUT2D eigenvalue weighted by atomic mass is 19.1. The first kappa shape index (κ1) is 13.1. The fourth-order valence-electron chi connectivity index (χ4n) is 2.27. The Morgan fingerprint density at radius 3 is 2.52 bits per heavy atom. The zero-order chi connectivity index (χ0) is 14.7. The van der Waals surface area contributed by atoms with Crippen molar-refractivity contribution in [2.24, 2.45) is 0 Å². The van der Waals surface area contributed by atoms with Crippen molar-refractivity contribution in [2.75, 3.05) is 5.32 Å². The molecule has 0 radical (unpaired) electrons. The van der Waals surface area contributed by atoms with Crippen molar-refractivity contribution >= 4 is 16.5 Å². The largest absolute Gasteiger partial charge is 0.379 e. The molecule has 21 heavy (non-hydrogen) atoms. The molecular formula is C18H13FN2. The van der Waals surface area contributed by atoms with E-state index in [1.807, 2.05) is 24.3 Å². The van der Waals surface area contributed by atoms with Crippen molar-refractivity contribution in [1.82, 2.24) is 0 Å². The molecule has 0 amide bonds. The topological polar surface area (TPSA) is 35.8 Å². The van der Waals surface area contributed by atoms with E-state index in [4.69, 9.17) is 5.26 Å². The molecule has 1 N–H and O–H groups in total. The molecule has 3 rings (SSSR count). The SMILES string of the molecule is N#Cc1ccc(NCc2ccc3ccccc3c2)c(F)c1. The number of benzene rings is 3. The zero-order valence-electron chi connectivity index (χ0n) is 11.3. The Balaban J connectivity index is 1.78. The van der Waals surface area contributed by atoms with Crippen molar-refractivity contribution in [3.8, 4) is 6.07 Å². The maximum atomic E-state index is 13.8. The Bertz CT molecular complexity index is 834. The maximum Gasteiger partial charge on any atom is 0.147 e. The number of nitrogens with zero attached hydrogens (tertiary/aromatic N) is 1. The lowest BCUT2D eigenvalue weighted by atomic mass is 10.1. The Hall–Kier alpha value is -2.86. The number of nitrogens with one attached hydrogen (secondary N) is 1. The van der Waals surface area contributed by atoms with Crippen molar-refractivity contribution < 1.29 is 4.39 Å². The van der Waals surface area contributed by atoms with Gasteiger partial charge < -0.3 is 5.32 Å². The minimum absolute atomic E-state index is 0.323. The van der Waals surface area contributed by atoms with Crippen LogP contribution in [0.15, 0.2) is 60.7 Å². The van der Waals surface area contributed by atoms with Gasteiger partial charge in [0.05, 0.1) is 17.3 Å². The van der Waals surface area contributed by atoms with Crippen LogP contribution >= 0.6 is 0 Å². The van der Waals surface area contributed by atoms with Gasteiger partial charge in [0.1, 0.15) is 5.82 Å². The Kier molecular flexibility index (Phi) is 3.53. The summed E-state index contributed by atoms with van der Waals surface area (Å²) >= 11 is 0. The summed E-state index contributed by atoms with van der Waals surface area (Å²) in [5.41, 5.74) is 1.81. The highest BCUT2D eigenvalue weighted by Crippen LogP contribution is 2.19. The van der Waals surface area contributed by atoms with Gasteiger partial charge in [-0.1, -0.05) is 36.4 Å². The van der Waals surface area contributed by atoms with Gasteiger partial charge >= 0.3 is 0 Å². The lowest BCUT2D eigenvalue weighted by molar-refractivity contribution is 0.629. The van der Waals surface area contributed by atoms with Gasteiger partial charge in [0.2, 0.25) is 0 Å². The molecule has 0 aliphatic heterocycles. The predicted molar refractivity (Wildman–Crippen MR) is 82.4 cm³/mol. The van der Waals surface area contributed by atoms with E-state index in [0.29, 0.717) is 17.8 Å². The van der Waals surface area contributed by atoms with Crippen LogP contribution in [0.4, 0.5) is 10.1 Å². The first-order valence-electron chi connectivity index (χ1n) is 6.67. The number of hydrogen-bond donors (Lipinski definition) is 1. The smallest absolute Gasteiger partial charge is 0.147 e. The molecule has 0 saturated carbocycles. The number of hydrogen-bond acceptors (Lipinski definition) is 2. The summed E-state index contributed by atoms with van der Waals surface area (Å²) in [6.45, 7) is 0.535. The van der Waals surface area contributed by atoms with Gasteiger partial charge in [0.25, 0.3) is 0 Å². The molecule has 3 aromatic rings.